The highest BCUT2D eigenvalue weighted by Gasteiger charge is 2.17. The van der Waals surface area contributed by atoms with Crippen LogP contribution in [0.1, 0.15) is 38.3 Å². The highest BCUT2D eigenvalue weighted by molar-refractivity contribution is 5.78. The quantitative estimate of drug-likeness (QED) is 0.714. The van der Waals surface area contributed by atoms with Crippen molar-refractivity contribution >= 4 is 11.5 Å². The van der Waals surface area contributed by atoms with Crippen LogP contribution in [0.5, 0.6) is 0 Å². The van der Waals surface area contributed by atoms with E-state index in [1.807, 2.05) is 4.52 Å². The monoisotopic (exact) mass is 321 g/mol. The van der Waals surface area contributed by atoms with E-state index in [1.165, 1.54) is 5.56 Å². The summed E-state index contributed by atoms with van der Waals surface area (Å²) in [5.41, 5.74) is 4.46. The maximum atomic E-state index is 9.27. The molecule has 2 heterocycles. The molecule has 0 unspecified atom stereocenters. The number of rotatable bonds is 6. The van der Waals surface area contributed by atoms with E-state index in [-0.39, 0.29) is 0 Å². The topological polar surface area (TPSA) is 68.9 Å². The first-order chi connectivity index (χ1) is 11.6. The fourth-order valence-electron chi connectivity index (χ4n) is 2.74. The highest BCUT2D eigenvalue weighted by atomic mass is 15.3. The van der Waals surface area contributed by atoms with Gasteiger partial charge in [-0.2, -0.15) is 5.26 Å². The fraction of sp³-hybridized carbons (Fsp3) is 0.368. The first-order valence-corrected chi connectivity index (χ1v) is 8.47. The summed E-state index contributed by atoms with van der Waals surface area (Å²) in [6.45, 7) is 7.43. The van der Waals surface area contributed by atoms with Crippen molar-refractivity contribution in [1.29, 1.82) is 5.26 Å². The maximum Gasteiger partial charge on any atom is 0.173 e. The Balaban J connectivity index is 2.03. The maximum absolute atomic E-state index is 9.27. The third-order valence-corrected chi connectivity index (χ3v) is 4.23. The summed E-state index contributed by atoms with van der Waals surface area (Å²) in [7, 11) is 0. The summed E-state index contributed by atoms with van der Waals surface area (Å²) < 4.78 is 1.86. The van der Waals surface area contributed by atoms with Gasteiger partial charge >= 0.3 is 0 Å². The van der Waals surface area contributed by atoms with Crippen LogP contribution in [0.2, 0.25) is 0 Å². The Labute approximate surface area is 142 Å². The molecule has 0 atom stereocenters. The molecule has 0 aliphatic carbocycles. The molecule has 24 heavy (non-hydrogen) atoms. The second-order valence-corrected chi connectivity index (χ2v) is 6.43. The zero-order valence-electron chi connectivity index (χ0n) is 14.4. The highest BCUT2D eigenvalue weighted by Crippen LogP contribution is 2.30. The number of aryl methyl sites for hydroxylation is 1. The van der Waals surface area contributed by atoms with Crippen LogP contribution in [0.4, 0.5) is 5.82 Å². The predicted octanol–water partition coefficient (Wildman–Crippen LogP) is 4.22. The van der Waals surface area contributed by atoms with Crippen molar-refractivity contribution < 1.29 is 0 Å². The number of aromatic nitrogens is 3. The van der Waals surface area contributed by atoms with Crippen LogP contribution in [0.25, 0.3) is 16.9 Å². The van der Waals surface area contributed by atoms with Gasteiger partial charge in [-0.1, -0.05) is 45.0 Å². The molecule has 5 heteroatoms. The molecule has 2 N–H and O–H groups in total. The number of imidazole rings is 1. The summed E-state index contributed by atoms with van der Waals surface area (Å²) in [5.74, 6) is 1.54. The second-order valence-electron chi connectivity index (χ2n) is 6.43. The van der Waals surface area contributed by atoms with Gasteiger partial charge in [-0.15, -0.1) is 0 Å². The molecular weight excluding hydrogens is 298 g/mol. The van der Waals surface area contributed by atoms with Crippen LogP contribution >= 0.6 is 0 Å². The Morgan fingerprint density at radius 2 is 2.04 bits per heavy atom. The van der Waals surface area contributed by atoms with Crippen molar-refractivity contribution in [2.24, 2.45) is 5.92 Å². The van der Waals surface area contributed by atoms with Crippen LogP contribution in [-0.2, 0) is 6.42 Å². The third-order valence-electron chi connectivity index (χ3n) is 4.23. The minimum Gasteiger partial charge on any atom is -0.368 e. The van der Waals surface area contributed by atoms with E-state index in [0.29, 0.717) is 17.1 Å². The second kappa shape index (κ2) is 6.79. The molecule has 0 radical (unpaired) electrons. The molecule has 3 aromatic rings. The molecule has 2 aromatic heterocycles. The number of H-pyrrole nitrogens is 1. The Kier molecular flexibility index (Phi) is 4.57. The lowest BCUT2D eigenvalue weighted by atomic mass is 10.1. The molecule has 0 saturated carbocycles. The van der Waals surface area contributed by atoms with E-state index < -0.39 is 0 Å². The summed E-state index contributed by atoms with van der Waals surface area (Å²) in [5, 5.41) is 15.9. The minimum atomic E-state index is 0.554. The van der Waals surface area contributed by atoms with Crippen LogP contribution in [-0.4, -0.2) is 21.1 Å². The lowest BCUT2D eigenvalue weighted by Gasteiger charge is -2.10. The molecule has 0 fully saturated rings. The molecule has 1 aromatic carbocycles. The molecule has 3 rings (SSSR count). The van der Waals surface area contributed by atoms with E-state index in [1.54, 1.807) is 6.20 Å². The number of nitrogens with one attached hydrogen (secondary N) is 2. The Morgan fingerprint density at radius 3 is 2.67 bits per heavy atom. The van der Waals surface area contributed by atoms with E-state index in [4.69, 9.17) is 4.98 Å². The Bertz CT molecular complexity index is 862. The van der Waals surface area contributed by atoms with Gasteiger partial charge in [0.15, 0.2) is 11.5 Å². The molecule has 0 aliphatic heterocycles. The van der Waals surface area contributed by atoms with Gasteiger partial charge in [0.05, 0.1) is 0 Å². The van der Waals surface area contributed by atoms with E-state index in [2.05, 4.69) is 61.5 Å². The lowest BCUT2D eigenvalue weighted by molar-refractivity contribution is 0.606. The van der Waals surface area contributed by atoms with Crippen molar-refractivity contribution in [1.82, 2.24) is 14.6 Å². The molecule has 0 saturated heterocycles. The SMILES string of the molecule is CCc1ccc(-c2nc3c(C#N)c[nH]n3c2NCCC(C)C)cc1. The first kappa shape index (κ1) is 16.1. The summed E-state index contributed by atoms with van der Waals surface area (Å²) in [4.78, 5) is 4.71. The number of anilines is 1. The average molecular weight is 321 g/mol. The molecule has 0 bridgehead atoms. The number of nitriles is 1. The Hall–Kier alpha value is -2.74. The molecule has 0 aliphatic rings. The summed E-state index contributed by atoms with van der Waals surface area (Å²) >= 11 is 0. The van der Waals surface area contributed by atoms with E-state index >= 15 is 0 Å². The molecule has 0 amide bonds. The number of hydrogen-bond acceptors (Lipinski definition) is 3. The Morgan fingerprint density at radius 1 is 1.29 bits per heavy atom. The van der Waals surface area contributed by atoms with Gasteiger partial charge in [-0.05, 0) is 24.3 Å². The normalized spacial score (nSPS) is 11.1. The van der Waals surface area contributed by atoms with Crippen molar-refractivity contribution in [2.75, 3.05) is 11.9 Å². The molecular formula is C19H23N5. The zero-order valence-corrected chi connectivity index (χ0v) is 14.4. The number of nitrogens with zero attached hydrogens (tertiary/aromatic N) is 3. The third kappa shape index (κ3) is 3.00. The van der Waals surface area contributed by atoms with Gasteiger partial charge in [-0.25, -0.2) is 9.50 Å². The molecule has 5 nitrogen and oxygen atoms in total. The van der Waals surface area contributed by atoms with Crippen molar-refractivity contribution in [3.63, 3.8) is 0 Å². The zero-order chi connectivity index (χ0) is 17.1. The van der Waals surface area contributed by atoms with Crippen molar-refractivity contribution in [2.45, 2.75) is 33.6 Å². The van der Waals surface area contributed by atoms with Crippen LogP contribution in [0.15, 0.2) is 30.5 Å². The summed E-state index contributed by atoms with van der Waals surface area (Å²) in [6, 6.07) is 10.6. The van der Waals surface area contributed by atoms with Gasteiger partial charge in [0, 0.05) is 18.3 Å². The number of benzene rings is 1. The molecule has 124 valence electrons. The van der Waals surface area contributed by atoms with Gasteiger partial charge < -0.3 is 5.32 Å². The van der Waals surface area contributed by atoms with Gasteiger partial charge in [-0.3, -0.25) is 5.10 Å². The first-order valence-electron chi connectivity index (χ1n) is 8.47. The van der Waals surface area contributed by atoms with Crippen molar-refractivity contribution in [3.8, 4) is 17.3 Å². The van der Waals surface area contributed by atoms with Crippen LogP contribution in [0, 0.1) is 17.2 Å². The largest absolute Gasteiger partial charge is 0.368 e. The van der Waals surface area contributed by atoms with Gasteiger partial charge in [0.1, 0.15) is 17.3 Å². The number of aromatic amines is 1. The minimum absolute atomic E-state index is 0.554. The molecule has 0 spiro atoms. The number of fused-ring (bicyclic) bond motifs is 1. The average Bonchev–Trinajstić information content (AvgIpc) is 3.14. The van der Waals surface area contributed by atoms with Gasteiger partial charge in [0.2, 0.25) is 0 Å². The van der Waals surface area contributed by atoms with E-state index in [0.717, 1.165) is 36.5 Å². The smallest absolute Gasteiger partial charge is 0.173 e. The van der Waals surface area contributed by atoms with Crippen LogP contribution < -0.4 is 5.32 Å². The number of hydrogen-bond donors (Lipinski definition) is 2. The van der Waals surface area contributed by atoms with Crippen LogP contribution in [0.3, 0.4) is 0 Å². The fourth-order valence-corrected chi connectivity index (χ4v) is 2.74. The standard InChI is InChI=1S/C19H23N5/c1-4-14-5-7-15(8-6-14)17-19(21-10-9-13(2)3)24-18(23-17)16(11-20)12-22-24/h5-8,12-13,21-22H,4,9-10H2,1-3H3. The summed E-state index contributed by atoms with van der Waals surface area (Å²) in [6.07, 6.45) is 3.79. The lowest BCUT2D eigenvalue weighted by Crippen LogP contribution is -2.08. The van der Waals surface area contributed by atoms with Gasteiger partial charge in [0.25, 0.3) is 0 Å². The predicted molar refractivity (Wildman–Crippen MR) is 97.0 cm³/mol. The van der Waals surface area contributed by atoms with Crippen molar-refractivity contribution in [3.05, 3.63) is 41.6 Å². The van der Waals surface area contributed by atoms with E-state index in [9.17, 15) is 5.26 Å².